The summed E-state index contributed by atoms with van der Waals surface area (Å²) in [6, 6.07) is 6.08. The number of hydrogen-bond acceptors (Lipinski definition) is 3. The minimum absolute atomic E-state index is 0.0132. The van der Waals surface area contributed by atoms with E-state index in [1.54, 1.807) is 11.0 Å². The fourth-order valence-corrected chi connectivity index (χ4v) is 2.49. The Kier molecular flexibility index (Phi) is 3.26. The molecule has 0 spiro atoms. The number of nitrogens with zero attached hydrogens (tertiary/aromatic N) is 1. The molecule has 20 heavy (non-hydrogen) atoms. The van der Waals surface area contributed by atoms with Gasteiger partial charge in [0, 0.05) is 18.0 Å². The van der Waals surface area contributed by atoms with Crippen LogP contribution in [-0.2, 0) is 0 Å². The minimum Gasteiger partial charge on any atom is -0.451 e. The van der Waals surface area contributed by atoms with E-state index in [1.165, 1.54) is 5.56 Å². The number of aliphatic hydroxyl groups is 1. The first-order valence-electron chi connectivity index (χ1n) is 7.03. The molecule has 1 fully saturated rings. The van der Waals surface area contributed by atoms with Crippen LogP contribution < -0.4 is 0 Å². The summed E-state index contributed by atoms with van der Waals surface area (Å²) >= 11 is 0. The summed E-state index contributed by atoms with van der Waals surface area (Å²) in [7, 11) is 0. The van der Waals surface area contributed by atoms with Crippen molar-refractivity contribution in [1.82, 2.24) is 4.90 Å². The largest absolute Gasteiger partial charge is 0.451 e. The van der Waals surface area contributed by atoms with Gasteiger partial charge in [-0.15, -0.1) is 0 Å². The number of carbonyl (C=O) groups excluding carboxylic acids is 1. The standard InChI is InChI=1S/C16H19NO3/c1-10-7-12-9-15(20-14(12)8-11(10)2)16(19)17(5-6-18)13-3-4-13/h7-9,13,18H,3-6H2,1-2H3. The number of benzene rings is 1. The zero-order valence-electron chi connectivity index (χ0n) is 11.8. The Morgan fingerprint density at radius 2 is 2.00 bits per heavy atom. The van der Waals surface area contributed by atoms with Crippen molar-refractivity contribution >= 4 is 16.9 Å². The zero-order chi connectivity index (χ0) is 14.3. The van der Waals surface area contributed by atoms with Gasteiger partial charge < -0.3 is 14.4 Å². The molecule has 3 rings (SSSR count). The lowest BCUT2D eigenvalue weighted by molar-refractivity contribution is 0.0678. The topological polar surface area (TPSA) is 53.7 Å². The van der Waals surface area contributed by atoms with Gasteiger partial charge in [-0.25, -0.2) is 0 Å². The molecule has 0 unspecified atom stereocenters. The number of furan rings is 1. The average Bonchev–Trinajstić information content (AvgIpc) is 3.17. The fourth-order valence-electron chi connectivity index (χ4n) is 2.49. The van der Waals surface area contributed by atoms with E-state index in [9.17, 15) is 4.79 Å². The number of aliphatic hydroxyl groups excluding tert-OH is 1. The van der Waals surface area contributed by atoms with E-state index in [2.05, 4.69) is 0 Å². The number of fused-ring (bicyclic) bond motifs is 1. The molecule has 0 radical (unpaired) electrons. The summed E-state index contributed by atoms with van der Waals surface area (Å²) in [6.45, 7) is 4.44. The number of amides is 1. The molecule has 0 atom stereocenters. The summed E-state index contributed by atoms with van der Waals surface area (Å²) in [5.74, 6) is 0.249. The van der Waals surface area contributed by atoms with E-state index in [0.717, 1.165) is 29.4 Å². The van der Waals surface area contributed by atoms with Crippen molar-refractivity contribution in [3.8, 4) is 0 Å². The van der Waals surface area contributed by atoms with Gasteiger partial charge in [0.25, 0.3) is 5.91 Å². The van der Waals surface area contributed by atoms with E-state index in [0.29, 0.717) is 12.3 Å². The van der Waals surface area contributed by atoms with Crippen LogP contribution in [0.25, 0.3) is 11.0 Å². The predicted molar refractivity (Wildman–Crippen MR) is 76.8 cm³/mol. The molecule has 1 aliphatic carbocycles. The second-order valence-corrected chi connectivity index (χ2v) is 5.54. The van der Waals surface area contributed by atoms with E-state index >= 15 is 0 Å². The summed E-state index contributed by atoms with van der Waals surface area (Å²) in [6.07, 6.45) is 2.04. The summed E-state index contributed by atoms with van der Waals surface area (Å²) in [5, 5.41) is 10.1. The van der Waals surface area contributed by atoms with Gasteiger partial charge in [0.15, 0.2) is 5.76 Å². The molecule has 1 heterocycles. The Balaban J connectivity index is 1.94. The maximum absolute atomic E-state index is 12.5. The van der Waals surface area contributed by atoms with Crippen molar-refractivity contribution in [1.29, 1.82) is 0 Å². The number of carbonyl (C=O) groups is 1. The molecular formula is C16H19NO3. The lowest BCUT2D eigenvalue weighted by atomic mass is 10.1. The second-order valence-electron chi connectivity index (χ2n) is 5.54. The number of hydrogen-bond donors (Lipinski definition) is 1. The average molecular weight is 273 g/mol. The molecule has 4 heteroatoms. The molecule has 0 aliphatic heterocycles. The molecule has 1 aliphatic rings. The SMILES string of the molecule is Cc1cc2cc(C(=O)N(CCO)C3CC3)oc2cc1C. The van der Waals surface area contributed by atoms with Crippen LogP contribution in [0.15, 0.2) is 22.6 Å². The lowest BCUT2D eigenvalue weighted by Crippen LogP contribution is -2.35. The van der Waals surface area contributed by atoms with E-state index < -0.39 is 0 Å². The van der Waals surface area contributed by atoms with Crippen molar-refractivity contribution in [2.45, 2.75) is 32.7 Å². The number of rotatable bonds is 4. The fraction of sp³-hybridized carbons (Fsp3) is 0.438. The van der Waals surface area contributed by atoms with Crippen LogP contribution >= 0.6 is 0 Å². The smallest absolute Gasteiger partial charge is 0.289 e. The highest BCUT2D eigenvalue weighted by molar-refractivity contribution is 5.96. The van der Waals surface area contributed by atoms with E-state index in [1.807, 2.05) is 26.0 Å². The molecule has 106 valence electrons. The molecule has 1 N–H and O–H groups in total. The first-order valence-corrected chi connectivity index (χ1v) is 7.03. The third-order valence-corrected chi connectivity index (χ3v) is 3.93. The summed E-state index contributed by atoms with van der Waals surface area (Å²) < 4.78 is 5.70. The highest BCUT2D eigenvalue weighted by Gasteiger charge is 2.33. The van der Waals surface area contributed by atoms with Gasteiger partial charge in [-0.05, 0) is 56.0 Å². The first kappa shape index (κ1) is 13.2. The lowest BCUT2D eigenvalue weighted by Gasteiger charge is -2.19. The van der Waals surface area contributed by atoms with Gasteiger partial charge in [0.1, 0.15) is 5.58 Å². The molecule has 1 aromatic heterocycles. The Hall–Kier alpha value is -1.81. The van der Waals surface area contributed by atoms with Crippen LogP contribution in [0.3, 0.4) is 0 Å². The molecule has 2 aromatic rings. The molecule has 1 saturated carbocycles. The molecule has 0 saturated heterocycles. The van der Waals surface area contributed by atoms with Crippen LogP contribution in [0.4, 0.5) is 0 Å². The van der Waals surface area contributed by atoms with Crippen molar-refractivity contribution < 1.29 is 14.3 Å². The molecule has 1 aromatic carbocycles. The second kappa shape index (κ2) is 4.94. The van der Waals surface area contributed by atoms with Crippen molar-refractivity contribution in [2.24, 2.45) is 0 Å². The maximum atomic E-state index is 12.5. The number of aryl methyl sites for hydroxylation is 2. The van der Waals surface area contributed by atoms with Gasteiger partial charge in [0.05, 0.1) is 6.61 Å². The third-order valence-electron chi connectivity index (χ3n) is 3.93. The van der Waals surface area contributed by atoms with E-state index in [4.69, 9.17) is 9.52 Å². The van der Waals surface area contributed by atoms with Gasteiger partial charge in [-0.1, -0.05) is 0 Å². The van der Waals surface area contributed by atoms with Gasteiger partial charge in [-0.2, -0.15) is 0 Å². The quantitative estimate of drug-likeness (QED) is 0.931. The monoisotopic (exact) mass is 273 g/mol. The van der Waals surface area contributed by atoms with Gasteiger partial charge >= 0.3 is 0 Å². The normalized spacial score (nSPS) is 14.8. The van der Waals surface area contributed by atoms with Gasteiger partial charge in [0.2, 0.25) is 0 Å². The predicted octanol–water partition coefficient (Wildman–Crippen LogP) is 2.65. The van der Waals surface area contributed by atoms with Crippen LogP contribution in [0, 0.1) is 13.8 Å². The molecular weight excluding hydrogens is 254 g/mol. The van der Waals surface area contributed by atoms with Crippen molar-refractivity contribution in [3.63, 3.8) is 0 Å². The van der Waals surface area contributed by atoms with Crippen molar-refractivity contribution in [2.75, 3.05) is 13.2 Å². The summed E-state index contributed by atoms with van der Waals surface area (Å²) in [5.41, 5.74) is 3.09. The molecule has 4 nitrogen and oxygen atoms in total. The Morgan fingerprint density at radius 3 is 2.65 bits per heavy atom. The van der Waals surface area contributed by atoms with Crippen LogP contribution in [0.5, 0.6) is 0 Å². The summed E-state index contributed by atoms with van der Waals surface area (Å²) in [4.78, 5) is 14.2. The van der Waals surface area contributed by atoms with Crippen molar-refractivity contribution in [3.05, 3.63) is 35.1 Å². The zero-order valence-corrected chi connectivity index (χ0v) is 11.8. The van der Waals surface area contributed by atoms with Gasteiger partial charge in [-0.3, -0.25) is 4.79 Å². The maximum Gasteiger partial charge on any atom is 0.289 e. The Labute approximate surface area is 118 Å². The minimum atomic E-state index is -0.118. The third kappa shape index (κ3) is 2.31. The molecule has 1 amide bonds. The van der Waals surface area contributed by atoms with Crippen LogP contribution in [0.1, 0.15) is 34.5 Å². The first-order chi connectivity index (χ1) is 9.60. The molecule has 0 bridgehead atoms. The van der Waals surface area contributed by atoms with Crippen LogP contribution in [-0.4, -0.2) is 35.1 Å². The highest BCUT2D eigenvalue weighted by atomic mass is 16.3. The highest BCUT2D eigenvalue weighted by Crippen LogP contribution is 2.30. The Bertz CT molecular complexity index is 616. The Morgan fingerprint density at radius 1 is 1.30 bits per heavy atom. The van der Waals surface area contributed by atoms with Crippen LogP contribution in [0.2, 0.25) is 0 Å². The van der Waals surface area contributed by atoms with E-state index in [-0.39, 0.29) is 18.6 Å².